The summed E-state index contributed by atoms with van der Waals surface area (Å²) in [6.45, 7) is 5.87. The van der Waals surface area contributed by atoms with E-state index in [1.54, 1.807) is 0 Å². The average Bonchev–Trinajstić information content (AvgIpc) is 2.46. The van der Waals surface area contributed by atoms with E-state index < -0.39 is 0 Å². The number of rotatable bonds is 5. The molecule has 4 nitrogen and oxygen atoms in total. The van der Waals surface area contributed by atoms with Crippen molar-refractivity contribution in [3.63, 3.8) is 0 Å². The Morgan fingerprint density at radius 2 is 2.25 bits per heavy atom. The van der Waals surface area contributed by atoms with E-state index in [2.05, 4.69) is 36.1 Å². The van der Waals surface area contributed by atoms with Crippen LogP contribution in [-0.4, -0.2) is 49.7 Å². The maximum absolute atomic E-state index is 6.22. The third kappa shape index (κ3) is 3.84. The molecule has 1 aromatic rings. The summed E-state index contributed by atoms with van der Waals surface area (Å²) < 4.78 is 0. The van der Waals surface area contributed by atoms with E-state index in [0.29, 0.717) is 6.04 Å². The maximum Gasteiger partial charge on any atom is 0.129 e. The number of nitrogens with one attached hydrogen (secondary N) is 1. The van der Waals surface area contributed by atoms with Gasteiger partial charge in [-0.1, -0.05) is 18.5 Å². The molecular weight excluding hydrogens is 272 g/mol. The van der Waals surface area contributed by atoms with Gasteiger partial charge in [-0.15, -0.1) is 0 Å². The molecule has 1 saturated heterocycles. The molecule has 0 radical (unpaired) electrons. The first-order valence-electron chi connectivity index (χ1n) is 7.39. The Hall–Kier alpha value is -0.840. The molecule has 0 aliphatic carbocycles. The highest BCUT2D eigenvalue weighted by atomic mass is 35.5. The monoisotopic (exact) mass is 296 g/mol. The Bertz CT molecular complexity index is 436. The lowest BCUT2D eigenvalue weighted by atomic mass is 10.0. The van der Waals surface area contributed by atoms with E-state index in [4.69, 9.17) is 16.6 Å². The van der Waals surface area contributed by atoms with Gasteiger partial charge in [-0.2, -0.15) is 0 Å². The molecule has 1 aromatic heterocycles. The first-order chi connectivity index (χ1) is 9.61. The normalized spacial score (nSPS) is 19.6. The van der Waals surface area contributed by atoms with Gasteiger partial charge in [-0.3, -0.25) is 0 Å². The standard InChI is InChI=1S/C15H25ClN4/c1-4-17-10-14-13(16)7-8-15(18-14)20-9-5-6-12(11-20)19(2)3/h7-8,12,17H,4-6,9-11H2,1-3H3. The molecule has 112 valence electrons. The van der Waals surface area contributed by atoms with Crippen LogP contribution in [-0.2, 0) is 6.54 Å². The van der Waals surface area contributed by atoms with Crippen LogP contribution in [0.2, 0.25) is 5.02 Å². The van der Waals surface area contributed by atoms with Gasteiger partial charge in [0, 0.05) is 25.7 Å². The minimum atomic E-state index is 0.610. The second kappa shape index (κ2) is 7.25. The Morgan fingerprint density at radius 1 is 1.45 bits per heavy atom. The Balaban J connectivity index is 2.11. The number of halogens is 1. The molecule has 0 spiro atoms. The van der Waals surface area contributed by atoms with Crippen LogP contribution in [0, 0.1) is 0 Å². The van der Waals surface area contributed by atoms with Crippen LogP contribution in [0.25, 0.3) is 0 Å². The molecule has 1 aliphatic rings. The highest BCUT2D eigenvalue weighted by molar-refractivity contribution is 6.31. The van der Waals surface area contributed by atoms with Crippen molar-refractivity contribution in [3.8, 4) is 0 Å². The first kappa shape index (κ1) is 15.5. The van der Waals surface area contributed by atoms with Gasteiger partial charge in [0.25, 0.3) is 0 Å². The van der Waals surface area contributed by atoms with Gasteiger partial charge in [-0.05, 0) is 45.6 Å². The largest absolute Gasteiger partial charge is 0.355 e. The number of likely N-dealkylation sites (N-methyl/N-ethyl adjacent to an activating group) is 1. The lowest BCUT2D eigenvalue weighted by Crippen LogP contribution is -2.45. The Labute approximate surface area is 127 Å². The fourth-order valence-corrected chi connectivity index (χ4v) is 2.77. The highest BCUT2D eigenvalue weighted by Crippen LogP contribution is 2.23. The molecular formula is C15H25ClN4. The zero-order valence-corrected chi connectivity index (χ0v) is 13.5. The predicted molar refractivity (Wildman–Crippen MR) is 85.5 cm³/mol. The first-order valence-corrected chi connectivity index (χ1v) is 7.77. The average molecular weight is 297 g/mol. The van der Waals surface area contributed by atoms with Gasteiger partial charge in [-0.25, -0.2) is 4.98 Å². The molecule has 20 heavy (non-hydrogen) atoms. The summed E-state index contributed by atoms with van der Waals surface area (Å²) >= 11 is 6.22. The molecule has 1 atom stereocenters. The van der Waals surface area contributed by atoms with Gasteiger partial charge < -0.3 is 15.1 Å². The Kier molecular flexibility index (Phi) is 5.64. The topological polar surface area (TPSA) is 31.4 Å². The fraction of sp³-hybridized carbons (Fsp3) is 0.667. The summed E-state index contributed by atoms with van der Waals surface area (Å²) in [5.41, 5.74) is 0.943. The van der Waals surface area contributed by atoms with Crippen LogP contribution in [0.5, 0.6) is 0 Å². The second-order valence-electron chi connectivity index (χ2n) is 5.58. The van der Waals surface area contributed by atoms with E-state index in [1.165, 1.54) is 12.8 Å². The van der Waals surface area contributed by atoms with Gasteiger partial charge >= 0.3 is 0 Å². The lowest BCUT2D eigenvalue weighted by Gasteiger charge is -2.37. The predicted octanol–water partition coefficient (Wildman–Crippen LogP) is 2.37. The van der Waals surface area contributed by atoms with Crippen molar-refractivity contribution in [2.75, 3.05) is 38.6 Å². The molecule has 1 fully saturated rings. The zero-order valence-electron chi connectivity index (χ0n) is 12.7. The molecule has 0 amide bonds. The van der Waals surface area contributed by atoms with Crippen LogP contribution in [0.4, 0.5) is 5.82 Å². The van der Waals surface area contributed by atoms with Gasteiger partial charge in [0.2, 0.25) is 0 Å². The van der Waals surface area contributed by atoms with Gasteiger partial charge in [0.1, 0.15) is 5.82 Å². The molecule has 5 heteroatoms. The second-order valence-corrected chi connectivity index (χ2v) is 5.99. The van der Waals surface area contributed by atoms with Crippen molar-refractivity contribution in [1.82, 2.24) is 15.2 Å². The zero-order chi connectivity index (χ0) is 14.5. The van der Waals surface area contributed by atoms with E-state index in [1.807, 2.05) is 12.1 Å². The Morgan fingerprint density at radius 3 is 2.95 bits per heavy atom. The third-order valence-corrected chi connectivity index (χ3v) is 4.24. The molecule has 1 N–H and O–H groups in total. The molecule has 1 unspecified atom stereocenters. The smallest absolute Gasteiger partial charge is 0.129 e. The summed E-state index contributed by atoms with van der Waals surface area (Å²) in [5.74, 6) is 1.05. The summed E-state index contributed by atoms with van der Waals surface area (Å²) in [4.78, 5) is 9.42. The number of aromatic nitrogens is 1. The van der Waals surface area contributed by atoms with E-state index >= 15 is 0 Å². The number of nitrogens with zero attached hydrogens (tertiary/aromatic N) is 3. The van der Waals surface area contributed by atoms with Crippen LogP contribution in [0.1, 0.15) is 25.5 Å². The highest BCUT2D eigenvalue weighted by Gasteiger charge is 2.22. The minimum Gasteiger partial charge on any atom is -0.355 e. The summed E-state index contributed by atoms with van der Waals surface area (Å²) in [6, 6.07) is 4.62. The van der Waals surface area contributed by atoms with E-state index in [-0.39, 0.29) is 0 Å². The molecule has 0 saturated carbocycles. The molecule has 2 heterocycles. The van der Waals surface area contributed by atoms with Crippen molar-refractivity contribution in [2.45, 2.75) is 32.4 Å². The minimum absolute atomic E-state index is 0.610. The SMILES string of the molecule is CCNCc1nc(N2CCCC(N(C)C)C2)ccc1Cl. The summed E-state index contributed by atoms with van der Waals surface area (Å²) in [5, 5.41) is 4.04. The van der Waals surface area contributed by atoms with Crippen LogP contribution >= 0.6 is 11.6 Å². The van der Waals surface area contributed by atoms with Crippen molar-refractivity contribution in [3.05, 3.63) is 22.8 Å². The maximum atomic E-state index is 6.22. The lowest BCUT2D eigenvalue weighted by molar-refractivity contribution is 0.257. The fourth-order valence-electron chi connectivity index (χ4n) is 2.60. The van der Waals surface area contributed by atoms with Crippen LogP contribution < -0.4 is 10.2 Å². The molecule has 2 rings (SSSR count). The van der Waals surface area contributed by atoms with Crippen molar-refractivity contribution in [1.29, 1.82) is 0 Å². The number of anilines is 1. The van der Waals surface area contributed by atoms with Crippen LogP contribution in [0.3, 0.4) is 0 Å². The summed E-state index contributed by atoms with van der Waals surface area (Å²) in [7, 11) is 4.31. The number of pyridine rings is 1. The summed E-state index contributed by atoms with van der Waals surface area (Å²) in [6.07, 6.45) is 2.48. The third-order valence-electron chi connectivity index (χ3n) is 3.90. The van der Waals surface area contributed by atoms with Gasteiger partial charge in [0.15, 0.2) is 0 Å². The number of hydrogen-bond acceptors (Lipinski definition) is 4. The van der Waals surface area contributed by atoms with Crippen molar-refractivity contribution >= 4 is 17.4 Å². The number of piperidine rings is 1. The van der Waals surface area contributed by atoms with E-state index in [9.17, 15) is 0 Å². The van der Waals surface area contributed by atoms with Crippen LogP contribution in [0.15, 0.2) is 12.1 Å². The quantitative estimate of drug-likeness (QED) is 0.904. The van der Waals surface area contributed by atoms with E-state index in [0.717, 1.165) is 42.7 Å². The van der Waals surface area contributed by atoms with Crippen molar-refractivity contribution < 1.29 is 0 Å². The molecule has 0 aromatic carbocycles. The number of hydrogen-bond donors (Lipinski definition) is 1. The van der Waals surface area contributed by atoms with Gasteiger partial charge in [0.05, 0.1) is 10.7 Å². The molecule has 1 aliphatic heterocycles. The molecule has 0 bridgehead atoms. The van der Waals surface area contributed by atoms with Crippen molar-refractivity contribution in [2.24, 2.45) is 0 Å².